The smallest absolute Gasteiger partial charge is 0.268 e. The third kappa shape index (κ3) is 2.58. The van der Waals surface area contributed by atoms with Crippen molar-refractivity contribution in [2.45, 2.75) is 5.75 Å². The lowest BCUT2D eigenvalue weighted by Crippen LogP contribution is -2.02. The van der Waals surface area contributed by atoms with Crippen molar-refractivity contribution in [3.05, 3.63) is 18.0 Å². The number of nitrogen functional groups attached to an aromatic ring is 1. The molecule has 16 heavy (non-hydrogen) atoms. The minimum absolute atomic E-state index is 0.157. The van der Waals surface area contributed by atoms with Crippen molar-refractivity contribution in [3.8, 4) is 10.8 Å². The monoisotopic (exact) mass is 259 g/mol. The van der Waals surface area contributed by atoms with Gasteiger partial charge >= 0.3 is 0 Å². The molecule has 0 aliphatic heterocycles. The van der Waals surface area contributed by atoms with Crippen LogP contribution in [0.4, 0.5) is 5.00 Å². The largest absolute Gasteiger partial charge is 0.391 e. The van der Waals surface area contributed by atoms with Gasteiger partial charge in [0, 0.05) is 6.26 Å². The highest BCUT2D eigenvalue weighted by molar-refractivity contribution is 7.89. The zero-order valence-electron chi connectivity index (χ0n) is 8.37. The minimum Gasteiger partial charge on any atom is -0.391 e. The van der Waals surface area contributed by atoms with Crippen molar-refractivity contribution >= 4 is 26.2 Å². The second-order valence-electron chi connectivity index (χ2n) is 3.29. The molecule has 2 heterocycles. The Morgan fingerprint density at radius 1 is 1.50 bits per heavy atom. The van der Waals surface area contributed by atoms with Crippen molar-refractivity contribution < 1.29 is 12.9 Å². The van der Waals surface area contributed by atoms with Crippen LogP contribution < -0.4 is 5.73 Å². The van der Waals surface area contributed by atoms with Crippen LogP contribution in [0.15, 0.2) is 16.7 Å². The van der Waals surface area contributed by atoms with E-state index < -0.39 is 9.84 Å². The first-order chi connectivity index (χ1) is 7.44. The van der Waals surface area contributed by atoms with E-state index in [2.05, 4.69) is 10.1 Å². The Morgan fingerprint density at radius 2 is 2.25 bits per heavy atom. The summed E-state index contributed by atoms with van der Waals surface area (Å²) in [5.41, 5.74) is 5.56. The van der Waals surface area contributed by atoms with E-state index in [4.69, 9.17) is 10.3 Å². The maximum absolute atomic E-state index is 11.0. The number of thiophene rings is 1. The van der Waals surface area contributed by atoms with Crippen molar-refractivity contribution in [1.82, 2.24) is 10.1 Å². The van der Waals surface area contributed by atoms with Crippen LogP contribution in [0.1, 0.15) is 5.82 Å². The van der Waals surface area contributed by atoms with Crippen molar-refractivity contribution in [2.75, 3.05) is 12.0 Å². The van der Waals surface area contributed by atoms with Gasteiger partial charge in [-0.15, -0.1) is 11.3 Å². The van der Waals surface area contributed by atoms with E-state index in [1.54, 1.807) is 12.1 Å². The molecule has 0 radical (unpaired) electrons. The maximum atomic E-state index is 11.0. The highest BCUT2D eigenvalue weighted by Crippen LogP contribution is 2.28. The molecule has 0 amide bonds. The number of rotatable bonds is 3. The Hall–Kier alpha value is -1.41. The standard InChI is InChI=1S/C8H9N3O3S2/c1-16(12,13)4-7-10-8(14-11-7)5-2-3-6(9)15-5/h2-3H,4,9H2,1H3. The lowest BCUT2D eigenvalue weighted by atomic mass is 10.4. The van der Waals surface area contributed by atoms with Gasteiger partial charge in [-0.3, -0.25) is 0 Å². The lowest BCUT2D eigenvalue weighted by Gasteiger charge is -1.88. The van der Waals surface area contributed by atoms with Crippen LogP contribution in [-0.4, -0.2) is 24.8 Å². The molecule has 0 bridgehead atoms. The highest BCUT2D eigenvalue weighted by atomic mass is 32.2. The van der Waals surface area contributed by atoms with Crippen LogP contribution in [0.2, 0.25) is 0 Å². The van der Waals surface area contributed by atoms with Crippen LogP contribution in [-0.2, 0) is 15.6 Å². The molecule has 0 unspecified atom stereocenters. The fourth-order valence-corrected chi connectivity index (χ4v) is 2.40. The van der Waals surface area contributed by atoms with Crippen LogP contribution >= 0.6 is 11.3 Å². The van der Waals surface area contributed by atoms with Crippen LogP contribution in [0, 0.1) is 0 Å². The average Bonchev–Trinajstić information content (AvgIpc) is 2.71. The molecule has 86 valence electrons. The highest BCUT2D eigenvalue weighted by Gasteiger charge is 2.14. The van der Waals surface area contributed by atoms with Gasteiger partial charge in [0.15, 0.2) is 15.7 Å². The Labute approximate surface area is 96.0 Å². The molecular formula is C8H9N3O3S2. The van der Waals surface area contributed by atoms with Gasteiger partial charge in [-0.05, 0) is 12.1 Å². The van der Waals surface area contributed by atoms with Gasteiger partial charge in [0.25, 0.3) is 5.89 Å². The quantitative estimate of drug-likeness (QED) is 0.880. The van der Waals surface area contributed by atoms with Crippen LogP contribution in [0.3, 0.4) is 0 Å². The number of nitrogens with two attached hydrogens (primary N) is 1. The number of sulfone groups is 1. The van der Waals surface area contributed by atoms with E-state index in [0.29, 0.717) is 10.9 Å². The van der Waals surface area contributed by atoms with E-state index in [1.807, 2.05) is 0 Å². The van der Waals surface area contributed by atoms with Crippen molar-refractivity contribution in [3.63, 3.8) is 0 Å². The molecule has 6 nitrogen and oxygen atoms in total. The molecule has 2 aromatic heterocycles. The molecule has 0 aromatic carbocycles. The predicted molar refractivity (Wildman–Crippen MR) is 60.6 cm³/mol. The Morgan fingerprint density at radius 3 is 2.81 bits per heavy atom. The van der Waals surface area contributed by atoms with Gasteiger partial charge in [0.05, 0.1) is 9.88 Å². The number of hydrogen-bond donors (Lipinski definition) is 1. The SMILES string of the molecule is CS(=O)(=O)Cc1noc(-c2ccc(N)s2)n1. The summed E-state index contributed by atoms with van der Waals surface area (Å²) >= 11 is 1.30. The fraction of sp³-hybridized carbons (Fsp3) is 0.250. The molecule has 0 atom stereocenters. The molecule has 0 fully saturated rings. The fourth-order valence-electron chi connectivity index (χ4n) is 1.11. The second kappa shape index (κ2) is 3.87. The zero-order valence-corrected chi connectivity index (χ0v) is 10.0. The summed E-state index contributed by atoms with van der Waals surface area (Å²) in [7, 11) is -3.15. The van der Waals surface area contributed by atoms with Crippen molar-refractivity contribution in [1.29, 1.82) is 0 Å². The molecule has 8 heteroatoms. The Bertz CT molecular complexity index is 600. The third-order valence-electron chi connectivity index (χ3n) is 1.70. The zero-order chi connectivity index (χ0) is 11.8. The molecule has 0 saturated heterocycles. The van der Waals surface area contributed by atoms with E-state index in [-0.39, 0.29) is 11.6 Å². The molecule has 0 spiro atoms. The predicted octanol–water partition coefficient (Wildman–Crippen LogP) is 0.925. The second-order valence-corrected chi connectivity index (χ2v) is 6.54. The molecule has 2 rings (SSSR count). The van der Waals surface area contributed by atoms with Crippen molar-refractivity contribution in [2.24, 2.45) is 0 Å². The molecule has 0 saturated carbocycles. The number of anilines is 1. The van der Waals surface area contributed by atoms with Gasteiger partial charge < -0.3 is 10.3 Å². The maximum Gasteiger partial charge on any atom is 0.268 e. The third-order valence-corrected chi connectivity index (χ3v) is 3.38. The molecular weight excluding hydrogens is 250 g/mol. The number of nitrogens with zero attached hydrogens (tertiary/aromatic N) is 2. The molecule has 2 N–H and O–H groups in total. The molecule has 2 aromatic rings. The van der Waals surface area contributed by atoms with E-state index in [0.717, 1.165) is 11.1 Å². The summed E-state index contributed by atoms with van der Waals surface area (Å²) in [6.45, 7) is 0. The van der Waals surface area contributed by atoms with E-state index in [1.165, 1.54) is 11.3 Å². The first-order valence-electron chi connectivity index (χ1n) is 4.30. The Kier molecular flexibility index (Phi) is 2.68. The normalized spacial score (nSPS) is 11.8. The van der Waals surface area contributed by atoms with Gasteiger partial charge in [-0.25, -0.2) is 8.42 Å². The Balaban J connectivity index is 2.26. The van der Waals surface area contributed by atoms with Gasteiger partial charge in [0.2, 0.25) is 0 Å². The van der Waals surface area contributed by atoms with Gasteiger partial charge in [-0.2, -0.15) is 4.98 Å². The minimum atomic E-state index is -3.15. The van der Waals surface area contributed by atoms with Gasteiger partial charge in [0.1, 0.15) is 5.75 Å². The summed E-state index contributed by atoms with van der Waals surface area (Å²) in [5, 5.41) is 4.22. The van der Waals surface area contributed by atoms with Gasteiger partial charge in [-0.1, -0.05) is 5.16 Å². The van der Waals surface area contributed by atoms with E-state index in [9.17, 15) is 8.42 Å². The van der Waals surface area contributed by atoms with Crippen LogP contribution in [0.25, 0.3) is 10.8 Å². The molecule has 0 aliphatic carbocycles. The lowest BCUT2D eigenvalue weighted by molar-refractivity contribution is 0.425. The summed E-state index contributed by atoms with van der Waals surface area (Å²) < 4.78 is 27.0. The number of hydrogen-bond acceptors (Lipinski definition) is 7. The number of aromatic nitrogens is 2. The summed E-state index contributed by atoms with van der Waals surface area (Å²) in [5.74, 6) is 0.224. The van der Waals surface area contributed by atoms with E-state index >= 15 is 0 Å². The first kappa shape index (κ1) is 11.1. The summed E-state index contributed by atoms with van der Waals surface area (Å²) in [6.07, 6.45) is 1.12. The average molecular weight is 259 g/mol. The molecule has 0 aliphatic rings. The summed E-state index contributed by atoms with van der Waals surface area (Å²) in [6, 6.07) is 3.47. The topological polar surface area (TPSA) is 99.1 Å². The summed E-state index contributed by atoms with van der Waals surface area (Å²) in [4.78, 5) is 4.70. The van der Waals surface area contributed by atoms with Crippen LogP contribution in [0.5, 0.6) is 0 Å². The first-order valence-corrected chi connectivity index (χ1v) is 7.18.